The fourth-order valence-electron chi connectivity index (χ4n) is 3.39. The molecular weight excluding hydrogens is 470 g/mol. The van der Waals surface area contributed by atoms with E-state index < -0.39 is 0 Å². The van der Waals surface area contributed by atoms with Gasteiger partial charge in [0.2, 0.25) is 9.93 Å². The molecule has 2 rings (SSSR count). The van der Waals surface area contributed by atoms with Gasteiger partial charge in [0.1, 0.15) is 29.2 Å². The molecule has 0 aliphatic heterocycles. The topological polar surface area (TPSA) is 103 Å². The van der Waals surface area contributed by atoms with E-state index in [-0.39, 0.29) is 28.8 Å². The number of ether oxygens (including phenoxy) is 1. The van der Waals surface area contributed by atoms with Gasteiger partial charge < -0.3 is 9.64 Å². The average Bonchev–Trinajstić information content (AvgIpc) is 3.09. The van der Waals surface area contributed by atoms with Gasteiger partial charge in [-0.05, 0) is 53.5 Å². The second kappa shape index (κ2) is 12.0. The third-order valence-electron chi connectivity index (χ3n) is 4.63. The van der Waals surface area contributed by atoms with E-state index in [0.717, 1.165) is 5.13 Å². The van der Waals surface area contributed by atoms with Crippen LogP contribution < -0.4 is 9.70 Å². The summed E-state index contributed by atoms with van der Waals surface area (Å²) in [5, 5.41) is 33.5. The zero-order valence-electron chi connectivity index (χ0n) is 21.0. The van der Waals surface area contributed by atoms with Crippen LogP contribution in [0.3, 0.4) is 0 Å². The normalized spacial score (nSPS) is 15.7. The van der Waals surface area contributed by atoms with Crippen molar-refractivity contribution < 1.29 is 4.74 Å². The number of hydrogen-bond acceptors (Lipinski definition) is 8. The Morgan fingerprint density at radius 1 is 1.09 bits per heavy atom. The summed E-state index contributed by atoms with van der Waals surface area (Å²) in [6.45, 7) is 17.2. The molecule has 0 aromatic carbocycles. The molecule has 0 saturated heterocycles. The Morgan fingerprint density at radius 2 is 1.71 bits per heavy atom. The van der Waals surface area contributed by atoms with Crippen LogP contribution in [0, 0.1) is 28.6 Å². The highest BCUT2D eigenvalue weighted by Crippen LogP contribution is 2.28. The lowest BCUT2D eigenvalue weighted by Gasteiger charge is -2.29. The molecule has 0 amide bonds. The van der Waals surface area contributed by atoms with Crippen molar-refractivity contribution in [1.82, 2.24) is 9.78 Å². The first-order valence-electron chi connectivity index (χ1n) is 11.3. The highest BCUT2D eigenvalue weighted by atomic mass is 35.5. The third kappa shape index (κ3) is 6.82. The van der Waals surface area contributed by atoms with Gasteiger partial charge in [0.25, 0.3) is 0 Å². The van der Waals surface area contributed by atoms with Crippen molar-refractivity contribution in [2.75, 3.05) is 4.90 Å². The minimum Gasteiger partial charge on any atom is -0.490 e. The second-order valence-corrected chi connectivity index (χ2v) is 10.4. The Bertz CT molecular complexity index is 1140. The number of nitrogens with zero attached hydrogens (tertiary/aromatic N) is 7. The number of allylic oxidation sites excluding steroid dienone is 4. The minimum atomic E-state index is -0.168. The van der Waals surface area contributed by atoms with Crippen LogP contribution in [0.5, 0.6) is 0 Å². The maximum Gasteiger partial charge on any atom is 0.230 e. The molecule has 0 unspecified atom stereocenters. The molecule has 0 bridgehead atoms. The van der Waals surface area contributed by atoms with Crippen LogP contribution in [0.25, 0.3) is 0 Å². The fraction of sp³-hybridized carbons (Fsp3) is 0.542. The molecule has 8 nitrogen and oxygen atoms in total. The summed E-state index contributed by atoms with van der Waals surface area (Å²) in [6.07, 6.45) is 2.97. The van der Waals surface area contributed by atoms with Gasteiger partial charge in [-0.3, -0.25) is 0 Å². The fourth-order valence-corrected chi connectivity index (χ4v) is 4.72. The first kappa shape index (κ1) is 27.4. The Morgan fingerprint density at radius 3 is 2.21 bits per heavy atom. The van der Waals surface area contributed by atoms with E-state index in [9.17, 15) is 10.5 Å². The van der Waals surface area contributed by atoms with Crippen LogP contribution in [0.2, 0.25) is 0 Å². The molecule has 0 N–H and O–H groups in total. The Kier molecular flexibility index (Phi) is 9.66. The molecule has 1 aromatic rings. The maximum atomic E-state index is 9.32. The minimum absolute atomic E-state index is 0.0784. The molecule has 1 aromatic heterocycles. The Labute approximate surface area is 210 Å². The standard InChI is InChI=1S/C24H32ClN7OS/c1-14(2)13-31-23(34-24(30-31)32(15(3)4)16(5)6)29-28-21-10-22(33-17(7)8)19(9-20(21)25)18(11-26)12-27/h9-10,14-17H,13H2,1-8H3/b28-21+,29-23-. The second-order valence-electron chi connectivity index (χ2n) is 9.10. The van der Waals surface area contributed by atoms with Gasteiger partial charge in [-0.2, -0.15) is 10.5 Å². The van der Waals surface area contributed by atoms with E-state index >= 15 is 0 Å². The predicted molar refractivity (Wildman–Crippen MR) is 137 cm³/mol. The summed E-state index contributed by atoms with van der Waals surface area (Å²) in [5.74, 6) is 0.734. The number of rotatable bonds is 8. The Balaban J connectivity index is 2.63. The third-order valence-corrected chi connectivity index (χ3v) is 5.88. The van der Waals surface area contributed by atoms with Crippen molar-refractivity contribution in [3.63, 3.8) is 0 Å². The van der Waals surface area contributed by atoms with Crippen molar-refractivity contribution in [3.05, 3.63) is 38.9 Å². The molecular formula is C24H32ClN7OS. The molecule has 1 aliphatic carbocycles. The van der Waals surface area contributed by atoms with E-state index in [1.807, 2.05) is 30.7 Å². The first-order valence-corrected chi connectivity index (χ1v) is 12.5. The predicted octanol–water partition coefficient (Wildman–Crippen LogP) is 5.27. The van der Waals surface area contributed by atoms with E-state index in [1.165, 1.54) is 17.4 Å². The zero-order valence-corrected chi connectivity index (χ0v) is 22.6. The number of anilines is 1. The van der Waals surface area contributed by atoms with Crippen molar-refractivity contribution in [3.8, 4) is 12.1 Å². The summed E-state index contributed by atoms with van der Waals surface area (Å²) >= 11 is 7.93. The van der Waals surface area contributed by atoms with Gasteiger partial charge in [-0.25, -0.2) is 4.68 Å². The average molecular weight is 502 g/mol. The van der Waals surface area contributed by atoms with Crippen LogP contribution >= 0.6 is 22.9 Å². The lowest BCUT2D eigenvalue weighted by Crippen LogP contribution is -2.37. The quantitative estimate of drug-likeness (QED) is 0.356. The van der Waals surface area contributed by atoms with Crippen LogP contribution in [0.15, 0.2) is 44.3 Å². The molecule has 1 heterocycles. The summed E-state index contributed by atoms with van der Waals surface area (Å²) in [7, 11) is 0. The maximum absolute atomic E-state index is 9.32. The van der Waals surface area contributed by atoms with E-state index in [2.05, 4.69) is 56.6 Å². The van der Waals surface area contributed by atoms with Crippen LogP contribution in [0.1, 0.15) is 55.4 Å². The van der Waals surface area contributed by atoms with E-state index in [1.54, 1.807) is 6.08 Å². The van der Waals surface area contributed by atoms with Crippen LogP contribution in [-0.4, -0.2) is 33.7 Å². The largest absolute Gasteiger partial charge is 0.490 e. The summed E-state index contributed by atoms with van der Waals surface area (Å²) in [6, 6.07) is 4.35. The Hall–Kier alpha value is -2.88. The summed E-state index contributed by atoms with van der Waals surface area (Å²) < 4.78 is 7.71. The SMILES string of the molecule is CC(C)Cn1nc(N(C(C)C)C(C)C)s/c1=N\N=C1/C=C(OC(C)C)C(=C(C#N)C#N)C=C1Cl. The molecule has 0 atom stereocenters. The van der Waals surface area contributed by atoms with Gasteiger partial charge in [-0.15, -0.1) is 15.3 Å². The van der Waals surface area contributed by atoms with E-state index in [0.29, 0.717) is 34.3 Å². The molecule has 0 spiro atoms. The van der Waals surface area contributed by atoms with Gasteiger partial charge in [0.05, 0.1) is 11.1 Å². The van der Waals surface area contributed by atoms with Gasteiger partial charge in [0.15, 0.2) is 0 Å². The van der Waals surface area contributed by atoms with Crippen LogP contribution in [0.4, 0.5) is 5.13 Å². The van der Waals surface area contributed by atoms with Crippen molar-refractivity contribution in [1.29, 1.82) is 10.5 Å². The molecule has 182 valence electrons. The summed E-state index contributed by atoms with van der Waals surface area (Å²) in [5.41, 5.74) is 0.638. The number of nitriles is 2. The van der Waals surface area contributed by atoms with Gasteiger partial charge >= 0.3 is 0 Å². The van der Waals surface area contributed by atoms with Crippen LogP contribution in [-0.2, 0) is 11.3 Å². The molecule has 0 saturated carbocycles. The molecule has 10 heteroatoms. The lowest BCUT2D eigenvalue weighted by molar-refractivity contribution is 0.155. The van der Waals surface area contributed by atoms with E-state index in [4.69, 9.17) is 21.4 Å². The van der Waals surface area contributed by atoms with Crippen molar-refractivity contribution in [2.45, 2.75) is 80.1 Å². The smallest absolute Gasteiger partial charge is 0.230 e. The van der Waals surface area contributed by atoms with Crippen molar-refractivity contribution in [2.24, 2.45) is 16.1 Å². The number of halogens is 1. The van der Waals surface area contributed by atoms with Crippen molar-refractivity contribution >= 4 is 33.8 Å². The highest BCUT2D eigenvalue weighted by molar-refractivity contribution is 7.13. The van der Waals surface area contributed by atoms with Gasteiger partial charge in [-0.1, -0.05) is 36.8 Å². The number of hydrogen-bond donors (Lipinski definition) is 0. The first-order chi connectivity index (χ1) is 16.0. The monoisotopic (exact) mass is 501 g/mol. The molecule has 1 aliphatic rings. The molecule has 0 radical (unpaired) electrons. The molecule has 34 heavy (non-hydrogen) atoms. The summed E-state index contributed by atoms with van der Waals surface area (Å²) in [4.78, 5) is 2.90. The number of aromatic nitrogens is 2. The highest BCUT2D eigenvalue weighted by Gasteiger charge is 2.22. The molecule has 0 fully saturated rings. The van der Waals surface area contributed by atoms with Gasteiger partial charge in [0, 0.05) is 30.3 Å². The zero-order chi connectivity index (χ0) is 25.6. The lowest BCUT2D eigenvalue weighted by atomic mass is 10.0.